The molecular weight excluding hydrogens is 429 g/mol. The molecule has 1 N–H and O–H groups in total. The van der Waals surface area contributed by atoms with Crippen LogP contribution in [0.2, 0.25) is 0 Å². The first kappa shape index (κ1) is 19.5. The molecule has 2 atom stereocenters. The Bertz CT molecular complexity index is 1010. The average molecular weight is 451 g/mol. The SMILES string of the molecule is CCC(F)(F)CN1C(C)Cc2c([nH]c3ccccc23)C1c1ccc(Br)cc1F. The molecule has 0 spiro atoms. The lowest BCUT2D eigenvalue weighted by atomic mass is 9.88. The summed E-state index contributed by atoms with van der Waals surface area (Å²) in [7, 11) is 0. The van der Waals surface area contributed by atoms with E-state index >= 15 is 0 Å². The van der Waals surface area contributed by atoms with E-state index in [-0.39, 0.29) is 12.5 Å². The van der Waals surface area contributed by atoms with E-state index in [1.807, 2.05) is 31.2 Å². The lowest BCUT2D eigenvalue weighted by molar-refractivity contribution is -0.0547. The van der Waals surface area contributed by atoms with Gasteiger partial charge in [-0.1, -0.05) is 47.1 Å². The van der Waals surface area contributed by atoms with Crippen molar-refractivity contribution in [1.82, 2.24) is 9.88 Å². The van der Waals surface area contributed by atoms with E-state index in [9.17, 15) is 13.2 Å². The molecular formula is C22H22BrF3N2. The van der Waals surface area contributed by atoms with E-state index in [0.717, 1.165) is 22.2 Å². The van der Waals surface area contributed by atoms with Gasteiger partial charge in [-0.25, -0.2) is 13.2 Å². The Morgan fingerprint density at radius 2 is 1.96 bits per heavy atom. The predicted molar refractivity (Wildman–Crippen MR) is 109 cm³/mol. The van der Waals surface area contributed by atoms with Gasteiger partial charge >= 0.3 is 0 Å². The van der Waals surface area contributed by atoms with E-state index in [0.29, 0.717) is 16.5 Å². The summed E-state index contributed by atoms with van der Waals surface area (Å²) in [4.78, 5) is 5.14. The molecule has 0 saturated carbocycles. The summed E-state index contributed by atoms with van der Waals surface area (Å²) in [5, 5.41) is 1.08. The highest BCUT2D eigenvalue weighted by Crippen LogP contribution is 2.43. The number of H-pyrrole nitrogens is 1. The molecule has 148 valence electrons. The lowest BCUT2D eigenvalue weighted by Crippen LogP contribution is -2.48. The Morgan fingerprint density at radius 3 is 2.68 bits per heavy atom. The molecule has 3 aromatic rings. The van der Waals surface area contributed by atoms with Crippen LogP contribution in [0.15, 0.2) is 46.9 Å². The van der Waals surface area contributed by atoms with E-state index < -0.39 is 24.3 Å². The molecule has 0 aliphatic carbocycles. The molecule has 1 aromatic heterocycles. The highest BCUT2D eigenvalue weighted by Gasteiger charge is 2.41. The number of hydrogen-bond acceptors (Lipinski definition) is 1. The van der Waals surface area contributed by atoms with Gasteiger partial charge in [0.1, 0.15) is 5.82 Å². The number of fused-ring (bicyclic) bond motifs is 3. The first-order valence-electron chi connectivity index (χ1n) is 9.48. The van der Waals surface area contributed by atoms with E-state index in [4.69, 9.17) is 0 Å². The van der Waals surface area contributed by atoms with Gasteiger partial charge in [0.2, 0.25) is 0 Å². The maximum absolute atomic E-state index is 14.9. The van der Waals surface area contributed by atoms with Crippen LogP contribution in [0, 0.1) is 5.82 Å². The van der Waals surface area contributed by atoms with Crippen LogP contribution in [0.3, 0.4) is 0 Å². The largest absolute Gasteiger partial charge is 0.357 e. The molecule has 28 heavy (non-hydrogen) atoms. The fraction of sp³-hybridized carbons (Fsp3) is 0.364. The Hall–Kier alpha value is -1.79. The van der Waals surface area contributed by atoms with Gasteiger partial charge in [0.05, 0.1) is 12.6 Å². The molecule has 2 nitrogen and oxygen atoms in total. The van der Waals surface area contributed by atoms with E-state index in [1.165, 1.54) is 13.0 Å². The number of aromatic amines is 1. The summed E-state index contributed by atoms with van der Waals surface area (Å²) < 4.78 is 44.4. The van der Waals surface area contributed by atoms with E-state index in [1.54, 1.807) is 17.0 Å². The molecule has 0 amide bonds. The zero-order valence-corrected chi connectivity index (χ0v) is 17.4. The second-order valence-electron chi connectivity index (χ2n) is 7.57. The van der Waals surface area contributed by atoms with Crippen molar-refractivity contribution in [2.45, 2.75) is 44.7 Å². The van der Waals surface area contributed by atoms with Crippen molar-refractivity contribution in [1.29, 1.82) is 0 Å². The molecule has 2 unspecified atom stereocenters. The summed E-state index contributed by atoms with van der Waals surface area (Å²) >= 11 is 3.29. The minimum atomic E-state index is -2.83. The minimum Gasteiger partial charge on any atom is -0.357 e. The highest BCUT2D eigenvalue weighted by atomic mass is 79.9. The molecule has 0 bridgehead atoms. The molecule has 4 rings (SSSR count). The number of halogens is 4. The molecule has 0 radical (unpaired) electrons. The van der Waals surface area contributed by atoms with Gasteiger partial charge < -0.3 is 4.98 Å². The third-order valence-corrected chi connectivity index (χ3v) is 6.20. The van der Waals surface area contributed by atoms with Crippen LogP contribution in [0.5, 0.6) is 0 Å². The highest BCUT2D eigenvalue weighted by molar-refractivity contribution is 9.10. The van der Waals surface area contributed by atoms with Crippen LogP contribution in [0.4, 0.5) is 13.2 Å². The fourth-order valence-electron chi connectivity index (χ4n) is 4.19. The van der Waals surface area contributed by atoms with Crippen LogP contribution in [-0.4, -0.2) is 28.4 Å². The third kappa shape index (κ3) is 3.37. The summed E-state index contributed by atoms with van der Waals surface area (Å²) in [6, 6.07) is 12.0. The molecule has 2 heterocycles. The topological polar surface area (TPSA) is 19.0 Å². The van der Waals surface area contributed by atoms with Crippen molar-refractivity contribution in [3.8, 4) is 0 Å². The number of alkyl halides is 2. The zero-order valence-electron chi connectivity index (χ0n) is 15.8. The summed E-state index contributed by atoms with van der Waals surface area (Å²) in [5.41, 5.74) is 3.26. The second kappa shape index (κ2) is 7.23. The molecule has 1 aliphatic heterocycles. The quantitative estimate of drug-likeness (QED) is 0.483. The normalized spacial score (nSPS) is 20.5. The molecule has 0 fully saturated rings. The van der Waals surface area contributed by atoms with Gasteiger partial charge in [-0.2, -0.15) is 0 Å². The maximum atomic E-state index is 14.9. The van der Waals surface area contributed by atoms with Crippen LogP contribution < -0.4 is 0 Å². The Labute approximate surface area is 170 Å². The van der Waals surface area contributed by atoms with Crippen molar-refractivity contribution < 1.29 is 13.2 Å². The summed E-state index contributed by atoms with van der Waals surface area (Å²) in [5.74, 6) is -3.23. The summed E-state index contributed by atoms with van der Waals surface area (Å²) in [6.45, 7) is 3.03. The van der Waals surface area contributed by atoms with Gasteiger partial charge in [-0.15, -0.1) is 0 Å². The van der Waals surface area contributed by atoms with Crippen molar-refractivity contribution in [2.75, 3.05) is 6.54 Å². The first-order chi connectivity index (χ1) is 13.3. The van der Waals surface area contributed by atoms with Gasteiger partial charge in [0.15, 0.2) is 0 Å². The number of para-hydroxylation sites is 1. The van der Waals surface area contributed by atoms with Crippen LogP contribution in [-0.2, 0) is 6.42 Å². The van der Waals surface area contributed by atoms with Crippen molar-refractivity contribution in [3.05, 3.63) is 69.6 Å². The zero-order chi connectivity index (χ0) is 20.1. The third-order valence-electron chi connectivity index (χ3n) is 5.71. The number of aromatic nitrogens is 1. The maximum Gasteiger partial charge on any atom is 0.260 e. The van der Waals surface area contributed by atoms with Crippen LogP contribution >= 0.6 is 15.9 Å². The van der Waals surface area contributed by atoms with Gasteiger partial charge in [-0.05, 0) is 37.1 Å². The monoisotopic (exact) mass is 450 g/mol. The predicted octanol–water partition coefficient (Wildman–Crippen LogP) is 6.45. The lowest BCUT2D eigenvalue weighted by Gasteiger charge is -2.42. The summed E-state index contributed by atoms with van der Waals surface area (Å²) in [6.07, 6.45) is 0.402. The van der Waals surface area contributed by atoms with Crippen molar-refractivity contribution in [2.24, 2.45) is 0 Å². The minimum absolute atomic E-state index is 0.142. The smallest absolute Gasteiger partial charge is 0.260 e. The molecule has 0 saturated heterocycles. The molecule has 6 heteroatoms. The first-order valence-corrected chi connectivity index (χ1v) is 10.3. The number of hydrogen-bond donors (Lipinski definition) is 1. The fourth-order valence-corrected chi connectivity index (χ4v) is 4.52. The second-order valence-corrected chi connectivity index (χ2v) is 8.48. The van der Waals surface area contributed by atoms with Crippen LogP contribution in [0.1, 0.15) is 43.1 Å². The molecule has 1 aliphatic rings. The number of rotatable bonds is 4. The number of nitrogens with one attached hydrogen (secondary N) is 1. The standard InChI is InChI=1S/C22H22BrF3N2/c1-3-22(25,26)12-28-13(2)10-17-15-6-4-5-7-19(15)27-20(17)21(28)16-9-8-14(23)11-18(16)24/h4-9,11,13,21,27H,3,10,12H2,1-2H3. The van der Waals surface area contributed by atoms with Gasteiger partial charge in [-0.3, -0.25) is 4.90 Å². The van der Waals surface area contributed by atoms with Gasteiger partial charge in [0, 0.05) is 39.1 Å². The molecule has 2 aromatic carbocycles. The van der Waals surface area contributed by atoms with Crippen LogP contribution in [0.25, 0.3) is 10.9 Å². The van der Waals surface area contributed by atoms with E-state index in [2.05, 4.69) is 20.9 Å². The Balaban J connectivity index is 1.92. The Morgan fingerprint density at radius 1 is 1.21 bits per heavy atom. The van der Waals surface area contributed by atoms with Crippen molar-refractivity contribution >= 4 is 26.8 Å². The Kier molecular flexibility index (Phi) is 5.04. The average Bonchev–Trinajstić information content (AvgIpc) is 3.01. The van der Waals surface area contributed by atoms with Gasteiger partial charge in [0.25, 0.3) is 5.92 Å². The number of nitrogens with zero attached hydrogens (tertiary/aromatic N) is 1. The number of benzene rings is 2. The van der Waals surface area contributed by atoms with Crippen molar-refractivity contribution in [3.63, 3.8) is 0 Å².